The maximum Gasteiger partial charge on any atom is 0.315 e. The van der Waals surface area contributed by atoms with Crippen LogP contribution in [0.2, 0.25) is 0 Å². The van der Waals surface area contributed by atoms with Crippen LogP contribution in [0.15, 0.2) is 40.5 Å². The molecular formula is C26H35NO4. The molecule has 0 bridgehead atoms. The number of esters is 1. The Morgan fingerprint density at radius 3 is 2.61 bits per heavy atom. The van der Waals surface area contributed by atoms with Crippen LogP contribution >= 0.6 is 0 Å². The van der Waals surface area contributed by atoms with E-state index in [-0.39, 0.29) is 11.8 Å². The van der Waals surface area contributed by atoms with Crippen LogP contribution in [0.5, 0.6) is 5.75 Å². The smallest absolute Gasteiger partial charge is 0.315 e. The van der Waals surface area contributed by atoms with E-state index in [1.807, 2.05) is 31.2 Å². The van der Waals surface area contributed by atoms with E-state index in [0.717, 1.165) is 67.7 Å². The topological polar surface area (TPSA) is 65.0 Å². The molecular weight excluding hydrogens is 390 g/mol. The summed E-state index contributed by atoms with van der Waals surface area (Å²) in [4.78, 5) is 31.0. The summed E-state index contributed by atoms with van der Waals surface area (Å²) >= 11 is 0. The summed E-state index contributed by atoms with van der Waals surface area (Å²) in [5.74, 6) is -0.468. The van der Waals surface area contributed by atoms with Gasteiger partial charge in [-0.3, -0.25) is 14.6 Å². The van der Waals surface area contributed by atoms with Crippen molar-refractivity contribution in [1.82, 2.24) is 0 Å². The Balaban J connectivity index is 1.99. The molecule has 0 amide bonds. The van der Waals surface area contributed by atoms with Gasteiger partial charge in [0, 0.05) is 34.9 Å². The lowest BCUT2D eigenvalue weighted by Crippen LogP contribution is -2.37. The zero-order chi connectivity index (χ0) is 22.2. The molecule has 5 nitrogen and oxygen atoms in total. The number of nitrogens with zero attached hydrogens (tertiary/aromatic N) is 1. The molecule has 1 unspecified atom stereocenters. The molecule has 31 heavy (non-hydrogen) atoms. The third kappa shape index (κ3) is 5.44. The molecule has 1 heterocycles. The van der Waals surface area contributed by atoms with Crippen molar-refractivity contribution in [2.24, 2.45) is 10.9 Å². The molecule has 0 radical (unpaired) electrons. The van der Waals surface area contributed by atoms with Crippen LogP contribution < -0.4 is 4.74 Å². The summed E-state index contributed by atoms with van der Waals surface area (Å²) in [7, 11) is 0. The van der Waals surface area contributed by atoms with Crippen molar-refractivity contribution >= 4 is 17.5 Å². The van der Waals surface area contributed by atoms with Gasteiger partial charge in [0.2, 0.25) is 0 Å². The van der Waals surface area contributed by atoms with Gasteiger partial charge < -0.3 is 9.47 Å². The lowest BCUT2D eigenvalue weighted by atomic mass is 9.71. The van der Waals surface area contributed by atoms with Crippen molar-refractivity contribution in [2.75, 3.05) is 13.2 Å². The molecule has 1 aromatic rings. The second kappa shape index (κ2) is 11.3. The minimum Gasteiger partial charge on any atom is -0.493 e. The number of carbonyl (C=O) groups is 2. The van der Waals surface area contributed by atoms with Crippen LogP contribution in [0, 0.1) is 5.92 Å². The Morgan fingerprint density at radius 2 is 1.84 bits per heavy atom. The molecule has 1 aromatic carbocycles. The van der Waals surface area contributed by atoms with E-state index in [1.54, 1.807) is 0 Å². The molecule has 2 aliphatic rings. The normalized spacial score (nSPS) is 20.9. The van der Waals surface area contributed by atoms with Crippen molar-refractivity contribution in [3.05, 3.63) is 41.1 Å². The number of rotatable bonds is 10. The minimum atomic E-state index is -0.599. The highest BCUT2D eigenvalue weighted by Crippen LogP contribution is 2.46. The number of Topliss-reactive ketones (excluding diaryl/α,β-unsaturated/α-hetero) is 1. The molecule has 0 fully saturated rings. The fourth-order valence-electron chi connectivity index (χ4n) is 4.46. The van der Waals surface area contributed by atoms with Gasteiger partial charge in [-0.1, -0.05) is 51.3 Å². The number of hydrogen-bond donors (Lipinski definition) is 0. The van der Waals surface area contributed by atoms with Crippen LogP contribution in [-0.4, -0.2) is 30.7 Å². The molecule has 1 aliphatic heterocycles. The summed E-state index contributed by atoms with van der Waals surface area (Å²) in [6.07, 6.45) is 7.01. The molecule has 0 spiro atoms. The van der Waals surface area contributed by atoms with Crippen LogP contribution in [0.25, 0.3) is 0 Å². The van der Waals surface area contributed by atoms with Crippen molar-refractivity contribution in [3.63, 3.8) is 0 Å². The van der Waals surface area contributed by atoms with Crippen LogP contribution in [-0.2, 0) is 14.3 Å². The number of para-hydroxylation sites is 1. The molecule has 0 aromatic heterocycles. The van der Waals surface area contributed by atoms with E-state index >= 15 is 0 Å². The first-order valence-electron chi connectivity index (χ1n) is 11.8. The van der Waals surface area contributed by atoms with Crippen molar-refractivity contribution in [2.45, 2.75) is 78.1 Å². The van der Waals surface area contributed by atoms with Crippen molar-refractivity contribution < 1.29 is 19.1 Å². The first-order chi connectivity index (χ1) is 15.1. The van der Waals surface area contributed by atoms with Gasteiger partial charge in [0.25, 0.3) is 0 Å². The Bertz CT molecular complexity index is 855. The summed E-state index contributed by atoms with van der Waals surface area (Å²) in [6, 6.07) is 7.79. The molecule has 0 saturated heterocycles. The van der Waals surface area contributed by atoms with Gasteiger partial charge in [0.15, 0.2) is 5.78 Å². The Labute approximate surface area is 185 Å². The molecule has 5 heteroatoms. The third-order valence-electron chi connectivity index (χ3n) is 6.09. The fraction of sp³-hybridized carbons (Fsp3) is 0.577. The van der Waals surface area contributed by atoms with Gasteiger partial charge in [0.1, 0.15) is 11.7 Å². The van der Waals surface area contributed by atoms with Gasteiger partial charge in [-0.05, 0) is 38.7 Å². The number of carbonyl (C=O) groups excluding carboxylic acids is 2. The molecule has 0 saturated carbocycles. The van der Waals surface area contributed by atoms with E-state index in [2.05, 4.69) is 13.8 Å². The summed E-state index contributed by atoms with van der Waals surface area (Å²) in [5, 5.41) is 0. The van der Waals surface area contributed by atoms with E-state index < -0.39 is 11.8 Å². The predicted molar refractivity (Wildman–Crippen MR) is 123 cm³/mol. The zero-order valence-corrected chi connectivity index (χ0v) is 19.1. The Morgan fingerprint density at radius 1 is 1.06 bits per heavy atom. The van der Waals surface area contributed by atoms with Gasteiger partial charge >= 0.3 is 5.97 Å². The summed E-state index contributed by atoms with van der Waals surface area (Å²) in [6.45, 7) is 7.14. The molecule has 0 N–H and O–H groups in total. The molecule has 1 aliphatic carbocycles. The number of hydrogen-bond acceptors (Lipinski definition) is 5. The van der Waals surface area contributed by atoms with E-state index in [4.69, 9.17) is 14.5 Å². The predicted octanol–water partition coefficient (Wildman–Crippen LogP) is 5.78. The fourth-order valence-corrected chi connectivity index (χ4v) is 4.46. The lowest BCUT2D eigenvalue weighted by molar-refractivity contribution is -0.146. The number of ether oxygens (including phenoxy) is 2. The van der Waals surface area contributed by atoms with E-state index in [0.29, 0.717) is 25.2 Å². The van der Waals surface area contributed by atoms with Crippen LogP contribution in [0.1, 0.15) is 83.6 Å². The number of aliphatic imine (C=N–C) groups is 1. The second-order valence-electron chi connectivity index (χ2n) is 8.46. The number of ketones is 1. The number of unbranched alkanes of at least 4 members (excludes halogenated alkanes) is 3. The highest BCUT2D eigenvalue weighted by atomic mass is 16.5. The Kier molecular flexibility index (Phi) is 8.44. The first kappa shape index (κ1) is 23.2. The zero-order valence-electron chi connectivity index (χ0n) is 19.1. The largest absolute Gasteiger partial charge is 0.493 e. The third-order valence-corrected chi connectivity index (χ3v) is 6.09. The van der Waals surface area contributed by atoms with Gasteiger partial charge in [-0.2, -0.15) is 0 Å². The van der Waals surface area contributed by atoms with Crippen molar-refractivity contribution in [1.29, 1.82) is 0 Å². The second-order valence-corrected chi connectivity index (χ2v) is 8.46. The standard InChI is InChI=1S/C26H35NO4/c1-4-6-10-17-31-26(29)23-18(3)27-20-13-11-14-21(28)25(20)24(23)19-12-8-9-15-22(19)30-16-7-5-2/h8-9,12,15,23-24H,4-7,10-11,13-14,16-17H2,1-3H3/t23?,24-/m0/s1. The molecule has 3 rings (SSSR count). The average Bonchev–Trinajstić information content (AvgIpc) is 2.76. The summed E-state index contributed by atoms with van der Waals surface area (Å²) in [5.41, 5.74) is 3.12. The van der Waals surface area contributed by atoms with Crippen LogP contribution in [0.4, 0.5) is 0 Å². The van der Waals surface area contributed by atoms with Gasteiger partial charge in [0.05, 0.1) is 13.2 Å². The lowest BCUT2D eigenvalue weighted by Gasteiger charge is -2.35. The van der Waals surface area contributed by atoms with Gasteiger partial charge in [-0.15, -0.1) is 0 Å². The average molecular weight is 426 g/mol. The number of allylic oxidation sites excluding steroid dienone is 2. The first-order valence-corrected chi connectivity index (χ1v) is 11.8. The summed E-state index contributed by atoms with van der Waals surface area (Å²) < 4.78 is 11.8. The van der Waals surface area contributed by atoms with E-state index in [9.17, 15) is 9.59 Å². The monoisotopic (exact) mass is 425 g/mol. The van der Waals surface area contributed by atoms with Crippen molar-refractivity contribution in [3.8, 4) is 5.75 Å². The minimum absolute atomic E-state index is 0.0923. The number of benzene rings is 1. The van der Waals surface area contributed by atoms with Gasteiger partial charge in [-0.25, -0.2) is 0 Å². The van der Waals surface area contributed by atoms with Crippen LogP contribution in [0.3, 0.4) is 0 Å². The highest BCUT2D eigenvalue weighted by Gasteiger charge is 2.44. The maximum atomic E-state index is 13.2. The highest BCUT2D eigenvalue weighted by molar-refractivity contribution is 6.09. The molecule has 168 valence electrons. The molecule has 2 atom stereocenters. The maximum absolute atomic E-state index is 13.2. The SMILES string of the molecule is CCCCCOC(=O)C1C(C)=NC2=C(C(=O)CCC2)[C@H]1c1ccccc1OCCCC. The Hall–Kier alpha value is -2.43. The van der Waals surface area contributed by atoms with E-state index in [1.165, 1.54) is 0 Å². The quantitative estimate of drug-likeness (QED) is 0.352.